The minimum Gasteiger partial charge on any atom is -0.321 e. The summed E-state index contributed by atoms with van der Waals surface area (Å²) in [6.07, 6.45) is 0.638. The van der Waals surface area contributed by atoms with Crippen molar-refractivity contribution < 1.29 is 9.09 Å². The molecule has 0 aliphatic rings. The molecule has 0 aliphatic carbocycles. The molecule has 2 nitrogen and oxygen atoms in total. The van der Waals surface area contributed by atoms with Gasteiger partial charge in [-0.3, -0.25) is 4.57 Å². The van der Waals surface area contributed by atoms with Crippen molar-refractivity contribution in [1.29, 1.82) is 0 Å². The Morgan fingerprint density at radius 3 is 2.30 bits per heavy atom. The summed E-state index contributed by atoms with van der Waals surface area (Å²) in [6, 6.07) is 0. The minimum atomic E-state index is -2.28. The zero-order valence-corrected chi connectivity index (χ0v) is 8.50. The van der Waals surface area contributed by atoms with Gasteiger partial charge >= 0.3 is 0 Å². The fourth-order valence-corrected chi connectivity index (χ4v) is 4.11. The van der Waals surface area contributed by atoms with Crippen LogP contribution in [0.15, 0.2) is 0 Å². The molecule has 0 aromatic rings. The van der Waals surface area contributed by atoms with E-state index in [9.17, 15) is 4.57 Å². The van der Waals surface area contributed by atoms with Gasteiger partial charge in [0.05, 0.1) is 6.61 Å². The van der Waals surface area contributed by atoms with E-state index in [1.54, 1.807) is 0 Å². The van der Waals surface area contributed by atoms with E-state index in [2.05, 4.69) is 0 Å². The molecule has 0 saturated carbocycles. The first-order valence-corrected chi connectivity index (χ1v) is 6.96. The molecule has 10 heavy (non-hydrogen) atoms. The molecule has 0 heterocycles. The molecule has 62 valence electrons. The molecule has 0 rings (SSSR count). The molecule has 0 aromatic carbocycles. The first kappa shape index (κ1) is 10.5. The average Bonchev–Trinajstić information content (AvgIpc) is 1.89. The summed E-state index contributed by atoms with van der Waals surface area (Å²) in [4.78, 5) is 0. The van der Waals surface area contributed by atoms with E-state index >= 15 is 0 Å². The van der Waals surface area contributed by atoms with Crippen LogP contribution in [0.25, 0.3) is 0 Å². The van der Waals surface area contributed by atoms with Crippen molar-refractivity contribution in [1.82, 2.24) is 0 Å². The fourth-order valence-electron chi connectivity index (χ4n) is 0.613. The quantitative estimate of drug-likeness (QED) is 0.611. The molecular formula is C6H15O2PS. The zero-order valence-electron chi connectivity index (χ0n) is 6.79. The highest BCUT2D eigenvalue weighted by molar-refractivity contribution is 8.56. The predicted octanol–water partition coefficient (Wildman–Crippen LogP) is 2.99. The smallest absolute Gasteiger partial charge is 0.257 e. The maximum Gasteiger partial charge on any atom is 0.257 e. The van der Waals surface area contributed by atoms with Crippen molar-refractivity contribution in [2.45, 2.75) is 20.8 Å². The Kier molecular flexibility index (Phi) is 5.51. The van der Waals surface area contributed by atoms with Gasteiger partial charge in [0.2, 0.25) is 0 Å². The molecule has 1 unspecified atom stereocenters. The summed E-state index contributed by atoms with van der Waals surface area (Å²) < 4.78 is 16.7. The summed E-state index contributed by atoms with van der Waals surface area (Å²) in [6.45, 7) is 4.04. The molecule has 0 fully saturated rings. The van der Waals surface area contributed by atoms with Crippen molar-refractivity contribution in [2.24, 2.45) is 0 Å². The third kappa shape index (κ3) is 3.65. The molecule has 0 aliphatic heterocycles. The molecule has 0 saturated heterocycles. The highest BCUT2D eigenvalue weighted by Crippen LogP contribution is 2.58. The van der Waals surface area contributed by atoms with Gasteiger partial charge in [-0.15, -0.1) is 0 Å². The number of hydrogen-bond acceptors (Lipinski definition) is 3. The van der Waals surface area contributed by atoms with Gasteiger partial charge in [0, 0.05) is 6.16 Å². The fraction of sp³-hybridized carbons (Fsp3) is 1.00. The number of hydrogen-bond donors (Lipinski definition) is 0. The lowest BCUT2D eigenvalue weighted by molar-refractivity contribution is 0.347. The predicted molar refractivity (Wildman–Crippen MR) is 47.9 cm³/mol. The Balaban J connectivity index is 3.83. The minimum absolute atomic E-state index is 0.554. The Bertz CT molecular complexity index is 117. The van der Waals surface area contributed by atoms with Crippen LogP contribution >= 0.6 is 18.0 Å². The summed E-state index contributed by atoms with van der Waals surface area (Å²) in [5, 5.41) is 0. The van der Waals surface area contributed by atoms with Crippen LogP contribution in [0.5, 0.6) is 0 Å². The Hall–Kier alpha value is 0.540. The Labute approximate surface area is 66.9 Å². The molecule has 0 N–H and O–H groups in total. The van der Waals surface area contributed by atoms with Gasteiger partial charge < -0.3 is 4.52 Å². The van der Waals surface area contributed by atoms with Gasteiger partial charge in [-0.05, 0) is 12.7 Å². The van der Waals surface area contributed by atoms with E-state index in [-0.39, 0.29) is 0 Å². The van der Waals surface area contributed by atoms with Gasteiger partial charge in [0.15, 0.2) is 0 Å². The summed E-state index contributed by atoms with van der Waals surface area (Å²) in [5.74, 6) is 0.866. The van der Waals surface area contributed by atoms with E-state index in [0.717, 1.165) is 5.75 Å². The van der Waals surface area contributed by atoms with Crippen molar-refractivity contribution >= 4 is 18.0 Å². The molecule has 0 amide bonds. The second kappa shape index (κ2) is 5.22. The van der Waals surface area contributed by atoms with Crippen LogP contribution < -0.4 is 0 Å². The number of rotatable bonds is 5. The monoisotopic (exact) mass is 182 g/mol. The van der Waals surface area contributed by atoms with Crippen LogP contribution in [-0.4, -0.2) is 18.5 Å². The van der Waals surface area contributed by atoms with E-state index in [1.165, 1.54) is 11.4 Å². The standard InChI is InChI=1S/C6H15O2PS/c1-4-8-9(7,5-2)10-6-3/h4-6H2,1-3H3. The Morgan fingerprint density at radius 1 is 1.40 bits per heavy atom. The summed E-state index contributed by atoms with van der Waals surface area (Å²) >= 11 is 1.44. The third-order valence-corrected chi connectivity index (χ3v) is 6.16. The third-order valence-electron chi connectivity index (χ3n) is 1.04. The van der Waals surface area contributed by atoms with Crippen LogP contribution in [-0.2, 0) is 9.09 Å². The summed E-state index contributed by atoms with van der Waals surface area (Å²) in [5.41, 5.74) is 0. The normalized spacial score (nSPS) is 16.7. The molecule has 4 heteroatoms. The molecular weight excluding hydrogens is 167 g/mol. The van der Waals surface area contributed by atoms with Crippen LogP contribution in [0.4, 0.5) is 0 Å². The molecule has 0 aromatic heterocycles. The van der Waals surface area contributed by atoms with Crippen LogP contribution in [0, 0.1) is 0 Å². The average molecular weight is 182 g/mol. The van der Waals surface area contributed by atoms with Gasteiger partial charge in [-0.1, -0.05) is 25.2 Å². The summed E-state index contributed by atoms with van der Waals surface area (Å²) in [7, 11) is 0. The highest BCUT2D eigenvalue weighted by atomic mass is 32.7. The van der Waals surface area contributed by atoms with E-state index in [0.29, 0.717) is 12.8 Å². The highest BCUT2D eigenvalue weighted by Gasteiger charge is 2.18. The molecule has 1 atom stereocenters. The van der Waals surface area contributed by atoms with Crippen molar-refractivity contribution in [3.8, 4) is 0 Å². The van der Waals surface area contributed by atoms with Crippen molar-refractivity contribution in [3.63, 3.8) is 0 Å². The van der Waals surface area contributed by atoms with Gasteiger partial charge in [0.1, 0.15) is 0 Å². The van der Waals surface area contributed by atoms with Gasteiger partial charge in [0.25, 0.3) is 6.57 Å². The largest absolute Gasteiger partial charge is 0.321 e. The second-order valence-electron chi connectivity index (χ2n) is 1.76. The molecule has 0 bridgehead atoms. The lowest BCUT2D eigenvalue weighted by atomic mass is 10.9. The first-order valence-electron chi connectivity index (χ1n) is 3.56. The van der Waals surface area contributed by atoms with Gasteiger partial charge in [-0.25, -0.2) is 0 Å². The van der Waals surface area contributed by atoms with Gasteiger partial charge in [-0.2, -0.15) is 0 Å². The molecule has 0 radical (unpaired) electrons. The van der Waals surface area contributed by atoms with Crippen molar-refractivity contribution in [3.05, 3.63) is 0 Å². The van der Waals surface area contributed by atoms with Crippen LogP contribution in [0.2, 0.25) is 0 Å². The van der Waals surface area contributed by atoms with Crippen molar-refractivity contribution in [2.75, 3.05) is 18.5 Å². The maximum atomic E-state index is 11.5. The molecule has 0 spiro atoms. The Morgan fingerprint density at radius 2 is 2.00 bits per heavy atom. The lowest BCUT2D eigenvalue weighted by Gasteiger charge is -2.12. The first-order chi connectivity index (χ1) is 4.68. The van der Waals surface area contributed by atoms with E-state index in [4.69, 9.17) is 4.52 Å². The second-order valence-corrected chi connectivity index (χ2v) is 7.15. The SMILES string of the molecule is CCOP(=O)(CC)SCC. The van der Waals surface area contributed by atoms with E-state index < -0.39 is 6.57 Å². The van der Waals surface area contributed by atoms with Crippen LogP contribution in [0.3, 0.4) is 0 Å². The maximum absolute atomic E-state index is 11.5. The van der Waals surface area contributed by atoms with Crippen LogP contribution in [0.1, 0.15) is 20.8 Å². The zero-order chi connectivity index (χ0) is 8.04. The lowest BCUT2D eigenvalue weighted by Crippen LogP contribution is -1.88. The van der Waals surface area contributed by atoms with E-state index in [1.807, 2.05) is 20.8 Å². The topological polar surface area (TPSA) is 26.3 Å².